The number of esters is 2. The molecule has 11 nitrogen and oxygen atoms in total. The number of aryl methyl sites for hydroxylation is 2. The first kappa shape index (κ1) is 27.5. The zero-order valence-electron chi connectivity index (χ0n) is 20.5. The van der Waals surface area contributed by atoms with Gasteiger partial charge in [0.05, 0.1) is 18.1 Å². The maximum atomic E-state index is 12.9. The van der Waals surface area contributed by atoms with E-state index in [4.69, 9.17) is 15.2 Å². The number of rotatable bonds is 11. The van der Waals surface area contributed by atoms with Gasteiger partial charge in [-0.15, -0.1) is 23.1 Å². The number of hydrogen-bond acceptors (Lipinski definition) is 11. The third-order valence-electron chi connectivity index (χ3n) is 5.43. The fraction of sp³-hybridized carbons (Fsp3) is 0.522. The van der Waals surface area contributed by atoms with Crippen LogP contribution in [-0.2, 0) is 25.5 Å². The van der Waals surface area contributed by atoms with Crippen molar-refractivity contribution in [3.8, 4) is 0 Å². The number of carbonyl (C=O) groups is 3. The molecule has 0 aliphatic carbocycles. The first-order chi connectivity index (χ1) is 17.2. The van der Waals surface area contributed by atoms with Crippen LogP contribution in [0.5, 0.6) is 0 Å². The van der Waals surface area contributed by atoms with E-state index in [0.717, 1.165) is 23.3 Å². The zero-order valence-corrected chi connectivity index (χ0v) is 22.1. The number of aromatic amines is 1. The third kappa shape index (κ3) is 7.23. The molecular weight excluding hydrogens is 506 g/mol. The number of H-pyrrole nitrogens is 1. The summed E-state index contributed by atoms with van der Waals surface area (Å²) in [6, 6.07) is 0.847. The molecule has 0 saturated heterocycles. The first-order valence-corrected chi connectivity index (χ1v) is 13.4. The number of fused-ring (bicyclic) bond motifs is 1. The highest BCUT2D eigenvalue weighted by Gasteiger charge is 2.26. The van der Waals surface area contributed by atoms with Gasteiger partial charge in [-0.25, -0.2) is 4.79 Å². The second-order valence-corrected chi connectivity index (χ2v) is 10.6. The summed E-state index contributed by atoms with van der Waals surface area (Å²) in [6.07, 6.45) is 1.60. The molecule has 3 heterocycles. The number of nitrogen functional groups attached to an aromatic ring is 1. The number of nitrogens with two attached hydrogens (primary N) is 1. The zero-order chi connectivity index (χ0) is 26.2. The molecule has 1 amide bonds. The van der Waals surface area contributed by atoms with Gasteiger partial charge in [-0.1, -0.05) is 0 Å². The number of hydrogen-bond donors (Lipinski definition) is 4. The van der Waals surface area contributed by atoms with Crippen LogP contribution in [0.1, 0.15) is 53.2 Å². The molecule has 13 heteroatoms. The van der Waals surface area contributed by atoms with E-state index in [1.54, 1.807) is 19.9 Å². The minimum absolute atomic E-state index is 0.00646. The predicted octanol–water partition coefficient (Wildman–Crippen LogP) is 2.25. The summed E-state index contributed by atoms with van der Waals surface area (Å²) in [5.74, 6) is -0.834. The molecule has 5 N–H and O–H groups in total. The Balaban J connectivity index is 1.60. The molecule has 3 rings (SSSR count). The fourth-order valence-electron chi connectivity index (χ4n) is 3.68. The fourth-order valence-corrected chi connectivity index (χ4v) is 5.89. The molecule has 0 spiro atoms. The maximum absolute atomic E-state index is 12.9. The molecule has 36 heavy (non-hydrogen) atoms. The van der Waals surface area contributed by atoms with Crippen LogP contribution in [0.2, 0.25) is 0 Å². The normalized spacial score (nSPS) is 15.4. The van der Waals surface area contributed by atoms with Crippen LogP contribution in [0.4, 0.5) is 11.8 Å². The second-order valence-electron chi connectivity index (χ2n) is 8.13. The summed E-state index contributed by atoms with van der Waals surface area (Å²) < 4.78 is 9.97. The summed E-state index contributed by atoms with van der Waals surface area (Å²) in [6.45, 7) is 6.38. The molecule has 0 bridgehead atoms. The van der Waals surface area contributed by atoms with E-state index in [2.05, 4.69) is 20.6 Å². The number of thiophene rings is 1. The van der Waals surface area contributed by atoms with Gasteiger partial charge in [0.25, 0.3) is 11.5 Å². The van der Waals surface area contributed by atoms with Crippen molar-refractivity contribution >= 4 is 52.7 Å². The van der Waals surface area contributed by atoms with Crippen molar-refractivity contribution in [3.63, 3.8) is 0 Å². The monoisotopic (exact) mass is 537 g/mol. The van der Waals surface area contributed by atoms with E-state index in [-0.39, 0.29) is 42.8 Å². The Bertz CT molecular complexity index is 1160. The molecule has 0 radical (unpaired) electrons. The second kappa shape index (κ2) is 12.8. The summed E-state index contributed by atoms with van der Waals surface area (Å²) in [5.41, 5.74) is 6.32. The lowest BCUT2D eigenvalue weighted by atomic mass is 10.1. The molecule has 0 fully saturated rings. The lowest BCUT2D eigenvalue weighted by Crippen LogP contribution is -2.42. The lowest BCUT2D eigenvalue weighted by Gasteiger charge is -2.24. The molecule has 1 aliphatic heterocycles. The van der Waals surface area contributed by atoms with Crippen molar-refractivity contribution in [2.75, 3.05) is 30.8 Å². The number of carbonyl (C=O) groups excluding carboxylic acids is 3. The van der Waals surface area contributed by atoms with Crippen molar-refractivity contribution in [1.29, 1.82) is 0 Å². The Morgan fingerprint density at radius 1 is 1.28 bits per heavy atom. The van der Waals surface area contributed by atoms with E-state index in [1.165, 1.54) is 23.1 Å². The van der Waals surface area contributed by atoms with E-state index in [1.807, 2.05) is 6.92 Å². The minimum atomic E-state index is -0.946. The third-order valence-corrected chi connectivity index (χ3v) is 8.08. The van der Waals surface area contributed by atoms with Gasteiger partial charge in [0.2, 0.25) is 5.95 Å². The Morgan fingerprint density at radius 2 is 2.03 bits per heavy atom. The number of ether oxygens (including phenoxy) is 2. The van der Waals surface area contributed by atoms with E-state index in [9.17, 15) is 19.2 Å². The molecule has 2 atom stereocenters. The highest BCUT2D eigenvalue weighted by Crippen LogP contribution is 2.34. The number of thioether (sulfide) groups is 1. The number of nitrogens with one attached hydrogen (secondary N) is 3. The van der Waals surface area contributed by atoms with Gasteiger partial charge in [-0.3, -0.25) is 19.4 Å². The van der Waals surface area contributed by atoms with Crippen LogP contribution in [-0.4, -0.2) is 58.9 Å². The van der Waals surface area contributed by atoms with E-state index < -0.39 is 23.9 Å². The lowest BCUT2D eigenvalue weighted by molar-refractivity contribution is -0.146. The van der Waals surface area contributed by atoms with E-state index in [0.29, 0.717) is 22.1 Å². The van der Waals surface area contributed by atoms with Crippen LogP contribution in [0.15, 0.2) is 15.8 Å². The summed E-state index contributed by atoms with van der Waals surface area (Å²) >= 11 is 2.83. The smallest absolute Gasteiger partial charge is 0.328 e. The standard InChI is InChI=1S/C23H31N5O6S2/c1-4-33-17(29)9-7-14(22(32)34-5-2)26-20(30)16-10-12(3)15(36-16)8-6-13-11-25-19-18(35-13)21(31)28-23(24)27-19/h10,13-14H,4-9,11H2,1-3H3,(H,26,30)(H4,24,25,27,28,31)/t13-,14?/m0/s1. The Kier molecular flexibility index (Phi) is 9.76. The van der Waals surface area contributed by atoms with Crippen molar-refractivity contribution in [3.05, 3.63) is 31.7 Å². The topological polar surface area (TPSA) is 165 Å². The summed E-state index contributed by atoms with van der Waals surface area (Å²) in [4.78, 5) is 57.9. The van der Waals surface area contributed by atoms with Gasteiger partial charge < -0.3 is 25.8 Å². The first-order valence-electron chi connectivity index (χ1n) is 11.7. The Labute approximate surface area is 216 Å². The number of amides is 1. The molecule has 0 aromatic carbocycles. The molecule has 1 aliphatic rings. The van der Waals surface area contributed by atoms with Crippen LogP contribution in [0.3, 0.4) is 0 Å². The van der Waals surface area contributed by atoms with Gasteiger partial charge >= 0.3 is 11.9 Å². The average molecular weight is 538 g/mol. The molecular formula is C23H31N5O6S2. The number of anilines is 2. The summed E-state index contributed by atoms with van der Waals surface area (Å²) in [5, 5.41) is 6.02. The quantitative estimate of drug-likeness (QED) is 0.312. The van der Waals surface area contributed by atoms with Crippen LogP contribution in [0.25, 0.3) is 0 Å². The van der Waals surface area contributed by atoms with Gasteiger partial charge in [-0.05, 0) is 51.7 Å². The van der Waals surface area contributed by atoms with Crippen molar-refractivity contribution in [2.45, 2.75) is 62.6 Å². The number of aromatic nitrogens is 2. The van der Waals surface area contributed by atoms with Crippen molar-refractivity contribution in [2.24, 2.45) is 0 Å². The molecule has 0 saturated carbocycles. The van der Waals surface area contributed by atoms with Gasteiger partial charge in [0.15, 0.2) is 0 Å². The highest BCUT2D eigenvalue weighted by molar-refractivity contribution is 8.00. The van der Waals surface area contributed by atoms with Gasteiger partial charge in [0, 0.05) is 23.1 Å². The molecule has 2 aromatic rings. The largest absolute Gasteiger partial charge is 0.466 e. The van der Waals surface area contributed by atoms with Crippen LogP contribution >= 0.6 is 23.1 Å². The predicted molar refractivity (Wildman–Crippen MR) is 139 cm³/mol. The Morgan fingerprint density at radius 3 is 2.75 bits per heavy atom. The number of nitrogens with zero attached hydrogens (tertiary/aromatic N) is 1. The average Bonchev–Trinajstić information content (AvgIpc) is 3.21. The molecule has 1 unspecified atom stereocenters. The summed E-state index contributed by atoms with van der Waals surface area (Å²) in [7, 11) is 0. The molecule has 2 aromatic heterocycles. The highest BCUT2D eigenvalue weighted by atomic mass is 32.2. The van der Waals surface area contributed by atoms with Gasteiger partial charge in [-0.2, -0.15) is 4.98 Å². The Hall–Kier alpha value is -3.06. The van der Waals surface area contributed by atoms with Crippen LogP contribution < -0.4 is 21.9 Å². The van der Waals surface area contributed by atoms with E-state index >= 15 is 0 Å². The maximum Gasteiger partial charge on any atom is 0.328 e. The minimum Gasteiger partial charge on any atom is -0.466 e. The van der Waals surface area contributed by atoms with Crippen molar-refractivity contribution < 1.29 is 23.9 Å². The SMILES string of the molecule is CCOC(=O)CCC(NC(=O)c1cc(C)c(CC[C@H]2CNc3nc(N)[nH]c(=O)c3S2)s1)C(=O)OCC. The van der Waals surface area contributed by atoms with Crippen LogP contribution in [0, 0.1) is 6.92 Å². The molecule has 196 valence electrons. The van der Waals surface area contributed by atoms with Crippen molar-refractivity contribution in [1.82, 2.24) is 15.3 Å². The van der Waals surface area contributed by atoms with Gasteiger partial charge in [0.1, 0.15) is 16.8 Å².